The molecule has 0 aliphatic rings. The maximum atomic E-state index is 5.95. The highest BCUT2D eigenvalue weighted by Crippen LogP contribution is 2.37. The number of thioether (sulfide) groups is 1. The number of anilines is 1. The van der Waals surface area contributed by atoms with E-state index in [1.165, 1.54) is 4.90 Å². The van der Waals surface area contributed by atoms with Crippen molar-refractivity contribution in [2.24, 2.45) is 0 Å². The van der Waals surface area contributed by atoms with Gasteiger partial charge in [0.1, 0.15) is 0 Å². The highest BCUT2D eigenvalue weighted by atomic mass is 32.2. The van der Waals surface area contributed by atoms with Crippen LogP contribution < -0.4 is 5.73 Å². The van der Waals surface area contributed by atoms with Crippen LogP contribution in [0.3, 0.4) is 0 Å². The molecule has 0 aliphatic carbocycles. The Kier molecular flexibility index (Phi) is 2.80. The molecule has 3 heteroatoms. The second-order valence-electron chi connectivity index (χ2n) is 4.79. The van der Waals surface area contributed by atoms with Gasteiger partial charge in [0, 0.05) is 38.5 Å². The molecule has 1 aromatic heterocycles. The van der Waals surface area contributed by atoms with Crippen molar-refractivity contribution in [3.8, 4) is 0 Å². The number of benzene rings is 1. The van der Waals surface area contributed by atoms with Gasteiger partial charge in [0.25, 0.3) is 0 Å². The van der Waals surface area contributed by atoms with Crippen LogP contribution in [0.5, 0.6) is 0 Å². The predicted molar refractivity (Wildman–Crippen MR) is 71.8 cm³/mol. The van der Waals surface area contributed by atoms with Gasteiger partial charge in [-0.25, -0.2) is 0 Å². The fourth-order valence-electron chi connectivity index (χ4n) is 1.61. The lowest BCUT2D eigenvalue weighted by Crippen LogP contribution is -2.06. The van der Waals surface area contributed by atoms with Gasteiger partial charge in [-0.05, 0) is 18.2 Å². The average Bonchev–Trinajstić information content (AvgIpc) is 2.21. The Hall–Kier alpha value is -1.22. The number of fused-ring (bicyclic) bond motifs is 1. The minimum Gasteiger partial charge on any atom is -0.398 e. The molecule has 0 atom stereocenters. The van der Waals surface area contributed by atoms with Crippen LogP contribution in [0.1, 0.15) is 20.8 Å². The summed E-state index contributed by atoms with van der Waals surface area (Å²) in [6.07, 6.45) is 3.67. The van der Waals surface area contributed by atoms with E-state index in [2.05, 4.69) is 31.8 Å². The summed E-state index contributed by atoms with van der Waals surface area (Å²) in [6, 6.07) is 6.02. The molecule has 0 radical (unpaired) electrons. The molecule has 2 nitrogen and oxygen atoms in total. The summed E-state index contributed by atoms with van der Waals surface area (Å²) in [5.74, 6) is 0. The summed E-state index contributed by atoms with van der Waals surface area (Å²) in [5, 5.41) is 2.23. The first-order valence-corrected chi connectivity index (χ1v) is 6.10. The lowest BCUT2D eigenvalue weighted by molar-refractivity contribution is 0.803. The van der Waals surface area contributed by atoms with Crippen molar-refractivity contribution in [1.29, 1.82) is 0 Å². The quantitative estimate of drug-likeness (QED) is 0.602. The number of hydrogen-bond acceptors (Lipinski definition) is 3. The van der Waals surface area contributed by atoms with Crippen LogP contribution in [0.4, 0.5) is 5.69 Å². The first kappa shape index (κ1) is 11.3. The molecule has 0 bridgehead atoms. The van der Waals surface area contributed by atoms with E-state index in [0.717, 1.165) is 16.5 Å². The van der Waals surface area contributed by atoms with E-state index in [1.54, 1.807) is 6.20 Å². The van der Waals surface area contributed by atoms with Gasteiger partial charge in [-0.1, -0.05) is 20.8 Å². The van der Waals surface area contributed by atoms with Crippen molar-refractivity contribution in [3.05, 3.63) is 30.6 Å². The smallest absolute Gasteiger partial charge is 0.0395 e. The molecule has 0 fully saturated rings. The molecule has 0 saturated carbocycles. The molecule has 2 rings (SSSR count). The molecule has 2 aromatic rings. The van der Waals surface area contributed by atoms with Crippen molar-refractivity contribution in [2.45, 2.75) is 30.4 Å². The summed E-state index contributed by atoms with van der Waals surface area (Å²) in [5.41, 5.74) is 6.77. The predicted octanol–water partition coefficient (Wildman–Crippen LogP) is 3.71. The minimum absolute atomic E-state index is 0.193. The van der Waals surface area contributed by atoms with Crippen molar-refractivity contribution < 1.29 is 0 Å². The molecule has 0 aliphatic heterocycles. The minimum atomic E-state index is 0.193. The number of rotatable bonds is 1. The molecule has 0 spiro atoms. The zero-order chi connectivity index (χ0) is 11.8. The Morgan fingerprint density at radius 2 is 1.88 bits per heavy atom. The molecule has 1 heterocycles. The maximum Gasteiger partial charge on any atom is 0.0395 e. The first-order valence-electron chi connectivity index (χ1n) is 5.28. The molecule has 1 aromatic carbocycles. The van der Waals surface area contributed by atoms with E-state index in [9.17, 15) is 0 Å². The average molecular weight is 232 g/mol. The summed E-state index contributed by atoms with van der Waals surface area (Å²) in [6.45, 7) is 6.61. The normalized spacial score (nSPS) is 11.9. The van der Waals surface area contributed by atoms with Crippen LogP contribution in [0.25, 0.3) is 10.8 Å². The van der Waals surface area contributed by atoms with E-state index >= 15 is 0 Å². The summed E-state index contributed by atoms with van der Waals surface area (Å²) in [4.78, 5) is 5.42. The zero-order valence-corrected chi connectivity index (χ0v) is 10.6. The molecular formula is C13H16N2S. The zero-order valence-electron chi connectivity index (χ0n) is 9.82. The van der Waals surface area contributed by atoms with E-state index in [1.807, 2.05) is 30.1 Å². The van der Waals surface area contributed by atoms with Gasteiger partial charge >= 0.3 is 0 Å². The highest BCUT2D eigenvalue weighted by molar-refractivity contribution is 8.00. The van der Waals surface area contributed by atoms with Crippen LogP contribution in [-0.2, 0) is 0 Å². The number of pyridine rings is 1. The van der Waals surface area contributed by atoms with Crippen LogP contribution in [0.2, 0.25) is 0 Å². The molecule has 0 unspecified atom stereocenters. The molecule has 16 heavy (non-hydrogen) atoms. The highest BCUT2D eigenvalue weighted by Gasteiger charge is 2.14. The topological polar surface area (TPSA) is 38.9 Å². The first-order chi connectivity index (χ1) is 7.47. The Bertz CT molecular complexity index is 515. The molecule has 2 N–H and O–H groups in total. The number of nitrogen functional groups attached to an aromatic ring is 1. The Balaban J connectivity index is 2.59. The fraction of sp³-hybridized carbons (Fsp3) is 0.308. The molecule has 0 saturated heterocycles. The van der Waals surface area contributed by atoms with Crippen molar-refractivity contribution in [3.63, 3.8) is 0 Å². The van der Waals surface area contributed by atoms with Gasteiger partial charge in [0.05, 0.1) is 0 Å². The number of nitrogens with zero attached hydrogens (tertiary/aromatic N) is 1. The SMILES string of the molecule is CC(C)(C)Sc1ccc(N)c2ccncc12. The Labute approximate surface area is 100 Å². The molecule has 0 amide bonds. The van der Waals surface area contributed by atoms with Gasteiger partial charge in [0.2, 0.25) is 0 Å². The second kappa shape index (κ2) is 3.98. The number of aromatic nitrogens is 1. The van der Waals surface area contributed by atoms with Gasteiger partial charge < -0.3 is 5.73 Å². The second-order valence-corrected chi connectivity index (χ2v) is 6.66. The summed E-state index contributed by atoms with van der Waals surface area (Å²) < 4.78 is 0.193. The van der Waals surface area contributed by atoms with E-state index in [4.69, 9.17) is 5.73 Å². The summed E-state index contributed by atoms with van der Waals surface area (Å²) >= 11 is 1.84. The molecular weight excluding hydrogens is 216 g/mol. The fourth-order valence-corrected chi connectivity index (χ4v) is 2.67. The van der Waals surface area contributed by atoms with E-state index in [0.29, 0.717) is 0 Å². The lowest BCUT2D eigenvalue weighted by Gasteiger charge is -2.19. The molecule has 84 valence electrons. The Morgan fingerprint density at radius 1 is 1.12 bits per heavy atom. The standard InChI is InChI=1S/C13H16N2S/c1-13(2,3)16-12-5-4-11(14)9-6-7-15-8-10(9)12/h4-8H,14H2,1-3H3. The van der Waals surface area contributed by atoms with Crippen LogP contribution in [0, 0.1) is 0 Å². The summed E-state index contributed by atoms with van der Waals surface area (Å²) in [7, 11) is 0. The largest absolute Gasteiger partial charge is 0.398 e. The van der Waals surface area contributed by atoms with Gasteiger partial charge in [0.15, 0.2) is 0 Å². The monoisotopic (exact) mass is 232 g/mol. The lowest BCUT2D eigenvalue weighted by atomic mass is 10.1. The van der Waals surface area contributed by atoms with Crippen LogP contribution in [-0.4, -0.2) is 9.73 Å². The Morgan fingerprint density at radius 3 is 2.56 bits per heavy atom. The van der Waals surface area contributed by atoms with Crippen LogP contribution >= 0.6 is 11.8 Å². The van der Waals surface area contributed by atoms with Crippen molar-refractivity contribution >= 4 is 28.2 Å². The third-order valence-corrected chi connectivity index (χ3v) is 3.42. The van der Waals surface area contributed by atoms with E-state index in [-0.39, 0.29) is 4.75 Å². The third kappa shape index (κ3) is 2.30. The third-order valence-electron chi connectivity index (χ3n) is 2.23. The number of hydrogen-bond donors (Lipinski definition) is 1. The maximum absolute atomic E-state index is 5.95. The van der Waals surface area contributed by atoms with Crippen molar-refractivity contribution in [2.75, 3.05) is 5.73 Å². The van der Waals surface area contributed by atoms with Gasteiger partial charge in [-0.15, -0.1) is 11.8 Å². The van der Waals surface area contributed by atoms with Gasteiger partial charge in [-0.3, -0.25) is 4.98 Å². The van der Waals surface area contributed by atoms with Crippen LogP contribution in [0.15, 0.2) is 35.5 Å². The number of nitrogens with two attached hydrogens (primary N) is 1. The van der Waals surface area contributed by atoms with E-state index < -0.39 is 0 Å². The van der Waals surface area contributed by atoms with Crippen molar-refractivity contribution in [1.82, 2.24) is 4.98 Å². The van der Waals surface area contributed by atoms with Gasteiger partial charge in [-0.2, -0.15) is 0 Å².